The summed E-state index contributed by atoms with van der Waals surface area (Å²) in [5.74, 6) is -1.05. The van der Waals surface area contributed by atoms with Gasteiger partial charge in [0.2, 0.25) is 0 Å². The molecule has 0 aliphatic rings. The van der Waals surface area contributed by atoms with Crippen LogP contribution in [0.3, 0.4) is 0 Å². The number of hydrogen-bond donors (Lipinski definition) is 1. The molecule has 0 unspecified atom stereocenters. The number of anilines is 1. The van der Waals surface area contributed by atoms with E-state index in [1.807, 2.05) is 0 Å². The monoisotopic (exact) mass is 319 g/mol. The molecule has 0 fully saturated rings. The average molecular weight is 320 g/mol. The Kier molecular flexibility index (Phi) is 5.38. The third kappa shape index (κ3) is 4.49. The second kappa shape index (κ2) is 7.47. The summed E-state index contributed by atoms with van der Waals surface area (Å²) in [5, 5.41) is 9.53. The Morgan fingerprint density at radius 3 is 2.27 bits per heavy atom. The van der Waals surface area contributed by atoms with E-state index in [9.17, 15) is 9.59 Å². The van der Waals surface area contributed by atoms with Gasteiger partial charge in [-0.2, -0.15) is 0 Å². The topological polar surface area (TPSA) is 66.8 Å². The minimum absolute atomic E-state index is 0.260. The highest BCUT2D eigenvalue weighted by Crippen LogP contribution is 2.17. The van der Waals surface area contributed by atoms with Crippen molar-refractivity contribution in [2.24, 2.45) is 0 Å². The maximum absolute atomic E-state index is 12.2. The molecule has 2 aromatic rings. The first kappa shape index (κ1) is 15.9. The lowest BCUT2D eigenvalue weighted by Gasteiger charge is -2.20. The smallest absolute Gasteiger partial charge is 0.323 e. The lowest BCUT2D eigenvalue weighted by molar-refractivity contribution is -0.136. The quantitative estimate of drug-likeness (QED) is 0.889. The largest absolute Gasteiger partial charge is 0.484 e. The zero-order chi connectivity index (χ0) is 15.9. The van der Waals surface area contributed by atoms with Gasteiger partial charge < -0.3 is 9.84 Å². The Balaban J connectivity index is 2.05. The summed E-state index contributed by atoms with van der Waals surface area (Å²) in [6.45, 7) is -0.684. The molecular formula is C16H14ClNO4. The molecule has 5 nitrogen and oxygen atoms in total. The summed E-state index contributed by atoms with van der Waals surface area (Å²) in [7, 11) is 0. The second-order valence-corrected chi connectivity index (χ2v) is 4.89. The van der Waals surface area contributed by atoms with E-state index in [-0.39, 0.29) is 6.61 Å². The maximum atomic E-state index is 12.2. The van der Waals surface area contributed by atoms with E-state index < -0.39 is 18.4 Å². The van der Waals surface area contributed by atoms with Crippen LogP contribution in [0, 0.1) is 0 Å². The molecule has 0 aromatic heterocycles. The van der Waals surface area contributed by atoms with Gasteiger partial charge in [-0.25, -0.2) is 0 Å². The van der Waals surface area contributed by atoms with Gasteiger partial charge in [-0.1, -0.05) is 29.8 Å². The predicted molar refractivity (Wildman–Crippen MR) is 83.4 cm³/mol. The van der Waals surface area contributed by atoms with Crippen LogP contribution in [-0.2, 0) is 9.59 Å². The van der Waals surface area contributed by atoms with Crippen molar-refractivity contribution in [2.45, 2.75) is 0 Å². The fourth-order valence-corrected chi connectivity index (χ4v) is 1.95. The van der Waals surface area contributed by atoms with E-state index in [0.29, 0.717) is 16.5 Å². The van der Waals surface area contributed by atoms with Gasteiger partial charge in [0.25, 0.3) is 5.91 Å². The molecular weight excluding hydrogens is 306 g/mol. The Morgan fingerprint density at radius 1 is 1.05 bits per heavy atom. The number of nitrogens with zero attached hydrogens (tertiary/aromatic N) is 1. The summed E-state index contributed by atoms with van der Waals surface area (Å²) in [6, 6.07) is 15.2. The van der Waals surface area contributed by atoms with Gasteiger partial charge in [0.1, 0.15) is 12.3 Å². The van der Waals surface area contributed by atoms with Crippen molar-refractivity contribution < 1.29 is 19.4 Å². The number of aliphatic carboxylic acids is 1. The summed E-state index contributed by atoms with van der Waals surface area (Å²) < 4.78 is 5.36. The molecule has 0 heterocycles. The summed E-state index contributed by atoms with van der Waals surface area (Å²) in [6.07, 6.45) is 0. The molecule has 1 N–H and O–H groups in total. The second-order valence-electron chi connectivity index (χ2n) is 4.45. The van der Waals surface area contributed by atoms with E-state index in [1.54, 1.807) is 54.6 Å². The number of carboxylic acid groups (broad SMARTS) is 1. The van der Waals surface area contributed by atoms with Crippen molar-refractivity contribution >= 4 is 29.2 Å². The van der Waals surface area contributed by atoms with Crippen molar-refractivity contribution in [3.8, 4) is 5.75 Å². The SMILES string of the molecule is O=C(O)CN(C(=O)COc1ccc(Cl)cc1)c1ccccc1. The fraction of sp³-hybridized carbons (Fsp3) is 0.125. The summed E-state index contributed by atoms with van der Waals surface area (Å²) in [4.78, 5) is 24.3. The lowest BCUT2D eigenvalue weighted by Crippen LogP contribution is -2.38. The number of ether oxygens (including phenoxy) is 1. The number of para-hydroxylation sites is 1. The van der Waals surface area contributed by atoms with E-state index in [2.05, 4.69) is 0 Å². The van der Waals surface area contributed by atoms with Crippen LogP contribution < -0.4 is 9.64 Å². The Bertz CT molecular complexity index is 643. The third-order valence-electron chi connectivity index (χ3n) is 2.84. The van der Waals surface area contributed by atoms with E-state index in [4.69, 9.17) is 21.4 Å². The van der Waals surface area contributed by atoms with Gasteiger partial charge in [0.05, 0.1) is 0 Å². The zero-order valence-corrected chi connectivity index (χ0v) is 12.4. The highest BCUT2D eigenvalue weighted by atomic mass is 35.5. The molecule has 114 valence electrons. The van der Waals surface area contributed by atoms with Crippen molar-refractivity contribution in [1.82, 2.24) is 0 Å². The van der Waals surface area contributed by atoms with Crippen molar-refractivity contribution in [2.75, 3.05) is 18.1 Å². The first-order chi connectivity index (χ1) is 10.6. The van der Waals surface area contributed by atoms with Crippen LogP contribution in [0.4, 0.5) is 5.69 Å². The van der Waals surface area contributed by atoms with Crippen LogP contribution in [0.1, 0.15) is 0 Å². The minimum Gasteiger partial charge on any atom is -0.484 e. The number of hydrogen-bond acceptors (Lipinski definition) is 3. The molecule has 0 saturated carbocycles. The highest BCUT2D eigenvalue weighted by Gasteiger charge is 2.19. The number of halogens is 1. The average Bonchev–Trinajstić information content (AvgIpc) is 2.52. The molecule has 0 spiro atoms. The number of carbonyl (C=O) groups is 2. The Morgan fingerprint density at radius 2 is 1.68 bits per heavy atom. The molecule has 2 aromatic carbocycles. The van der Waals surface area contributed by atoms with Crippen LogP contribution in [-0.4, -0.2) is 30.1 Å². The predicted octanol–water partition coefficient (Wildman–Crippen LogP) is 2.84. The number of carbonyl (C=O) groups excluding carboxylic acids is 1. The first-order valence-corrected chi connectivity index (χ1v) is 6.89. The number of amides is 1. The zero-order valence-electron chi connectivity index (χ0n) is 11.6. The molecule has 0 bridgehead atoms. The molecule has 2 rings (SSSR count). The van der Waals surface area contributed by atoms with E-state index >= 15 is 0 Å². The van der Waals surface area contributed by atoms with Gasteiger partial charge >= 0.3 is 5.97 Å². The third-order valence-corrected chi connectivity index (χ3v) is 3.09. The number of benzene rings is 2. The first-order valence-electron chi connectivity index (χ1n) is 6.52. The molecule has 0 atom stereocenters. The normalized spacial score (nSPS) is 10.0. The van der Waals surface area contributed by atoms with Gasteiger partial charge in [0.15, 0.2) is 6.61 Å². The van der Waals surface area contributed by atoms with Crippen LogP contribution in [0.15, 0.2) is 54.6 Å². The fourth-order valence-electron chi connectivity index (χ4n) is 1.82. The van der Waals surface area contributed by atoms with E-state index in [0.717, 1.165) is 4.90 Å². The van der Waals surface area contributed by atoms with E-state index in [1.165, 1.54) is 0 Å². The van der Waals surface area contributed by atoms with Crippen LogP contribution in [0.5, 0.6) is 5.75 Å². The molecule has 22 heavy (non-hydrogen) atoms. The highest BCUT2D eigenvalue weighted by molar-refractivity contribution is 6.30. The van der Waals surface area contributed by atoms with Crippen molar-refractivity contribution in [3.63, 3.8) is 0 Å². The standard InChI is InChI=1S/C16H14ClNO4/c17-12-6-8-14(9-7-12)22-11-15(19)18(10-16(20)21)13-4-2-1-3-5-13/h1-9H,10-11H2,(H,20,21). The number of rotatable bonds is 6. The number of carboxylic acids is 1. The molecule has 1 amide bonds. The summed E-state index contributed by atoms with van der Waals surface area (Å²) in [5.41, 5.74) is 0.509. The van der Waals surface area contributed by atoms with Gasteiger partial charge in [-0.3, -0.25) is 14.5 Å². The van der Waals surface area contributed by atoms with Crippen LogP contribution >= 0.6 is 11.6 Å². The maximum Gasteiger partial charge on any atom is 0.323 e. The molecule has 0 aliphatic carbocycles. The van der Waals surface area contributed by atoms with Gasteiger partial charge in [-0.15, -0.1) is 0 Å². The van der Waals surface area contributed by atoms with Crippen molar-refractivity contribution in [3.05, 3.63) is 59.6 Å². The van der Waals surface area contributed by atoms with Gasteiger partial charge in [0, 0.05) is 10.7 Å². The Labute approximate surface area is 132 Å². The Hall–Kier alpha value is -2.53. The van der Waals surface area contributed by atoms with Crippen molar-refractivity contribution in [1.29, 1.82) is 0 Å². The van der Waals surface area contributed by atoms with Gasteiger partial charge in [-0.05, 0) is 36.4 Å². The van der Waals surface area contributed by atoms with Crippen LogP contribution in [0.2, 0.25) is 5.02 Å². The van der Waals surface area contributed by atoms with Crippen LogP contribution in [0.25, 0.3) is 0 Å². The minimum atomic E-state index is -1.09. The molecule has 0 saturated heterocycles. The molecule has 0 radical (unpaired) electrons. The molecule has 0 aliphatic heterocycles. The molecule has 6 heteroatoms. The summed E-state index contributed by atoms with van der Waals surface area (Å²) >= 11 is 5.77. The lowest BCUT2D eigenvalue weighted by atomic mass is 10.3.